The van der Waals surface area contributed by atoms with Gasteiger partial charge in [-0.25, -0.2) is 0 Å². The molecule has 102 valence electrons. The van der Waals surface area contributed by atoms with Crippen molar-refractivity contribution >= 4 is 0 Å². The monoisotopic (exact) mass is 240 g/mol. The molecule has 1 aliphatic rings. The third-order valence-corrected chi connectivity index (χ3v) is 4.11. The molecular formula is C15H32N2. The molecule has 0 bridgehead atoms. The lowest BCUT2D eigenvalue weighted by atomic mass is 9.92. The third-order valence-electron chi connectivity index (χ3n) is 4.11. The van der Waals surface area contributed by atoms with E-state index in [1.807, 2.05) is 0 Å². The van der Waals surface area contributed by atoms with Crippen LogP contribution in [0, 0.1) is 11.8 Å². The molecule has 2 unspecified atom stereocenters. The lowest BCUT2D eigenvalue weighted by molar-refractivity contribution is 0.112. The Morgan fingerprint density at radius 2 is 2.00 bits per heavy atom. The fourth-order valence-electron chi connectivity index (χ4n) is 2.69. The molecule has 0 aromatic carbocycles. The van der Waals surface area contributed by atoms with Crippen molar-refractivity contribution in [3.63, 3.8) is 0 Å². The van der Waals surface area contributed by atoms with Gasteiger partial charge in [0, 0.05) is 6.04 Å². The summed E-state index contributed by atoms with van der Waals surface area (Å²) in [5.74, 6) is 1.67. The normalized spacial score (nSPS) is 26.6. The van der Waals surface area contributed by atoms with Crippen LogP contribution >= 0.6 is 0 Å². The van der Waals surface area contributed by atoms with Gasteiger partial charge in [0.05, 0.1) is 0 Å². The van der Waals surface area contributed by atoms with E-state index in [-0.39, 0.29) is 0 Å². The average Bonchev–Trinajstić information content (AvgIpc) is 2.28. The maximum absolute atomic E-state index is 3.52. The summed E-state index contributed by atoms with van der Waals surface area (Å²) in [5, 5.41) is 3.52. The van der Waals surface area contributed by atoms with Gasteiger partial charge < -0.3 is 10.2 Å². The molecule has 1 rings (SSSR count). The Balaban J connectivity index is 2.02. The van der Waals surface area contributed by atoms with E-state index in [0.717, 1.165) is 24.4 Å². The third kappa shape index (κ3) is 5.87. The van der Waals surface area contributed by atoms with E-state index in [4.69, 9.17) is 0 Å². The van der Waals surface area contributed by atoms with E-state index >= 15 is 0 Å². The summed E-state index contributed by atoms with van der Waals surface area (Å²) < 4.78 is 0. The van der Waals surface area contributed by atoms with E-state index in [0.29, 0.717) is 0 Å². The van der Waals surface area contributed by atoms with Gasteiger partial charge in [0.25, 0.3) is 0 Å². The highest BCUT2D eigenvalue weighted by molar-refractivity contribution is 4.78. The number of piperidine rings is 1. The van der Waals surface area contributed by atoms with Crippen molar-refractivity contribution in [2.45, 2.75) is 59.4 Å². The molecule has 1 aliphatic heterocycles. The second-order valence-corrected chi connectivity index (χ2v) is 6.20. The standard InChI is InChI=1S/C15H32N2/c1-13(2)12-16-9-5-6-10-17-11-7-8-14(3)15(17)4/h13-16H,5-12H2,1-4H3. The average molecular weight is 240 g/mol. The molecule has 0 saturated carbocycles. The minimum atomic E-state index is 0.776. The Morgan fingerprint density at radius 1 is 1.24 bits per heavy atom. The van der Waals surface area contributed by atoms with Gasteiger partial charge in [0.2, 0.25) is 0 Å². The van der Waals surface area contributed by atoms with Gasteiger partial charge in [-0.2, -0.15) is 0 Å². The fourth-order valence-corrected chi connectivity index (χ4v) is 2.69. The van der Waals surface area contributed by atoms with Gasteiger partial charge >= 0.3 is 0 Å². The Labute approximate surface area is 108 Å². The molecule has 0 aromatic heterocycles. The van der Waals surface area contributed by atoms with Crippen molar-refractivity contribution in [3.05, 3.63) is 0 Å². The lowest BCUT2D eigenvalue weighted by Crippen LogP contribution is -2.42. The first-order valence-corrected chi connectivity index (χ1v) is 7.56. The molecule has 1 fully saturated rings. The Bertz CT molecular complexity index is 191. The smallest absolute Gasteiger partial charge is 0.00925 e. The van der Waals surface area contributed by atoms with Crippen molar-refractivity contribution in [3.8, 4) is 0 Å². The van der Waals surface area contributed by atoms with Crippen LogP contribution in [0.2, 0.25) is 0 Å². The van der Waals surface area contributed by atoms with E-state index in [1.54, 1.807) is 0 Å². The first kappa shape index (κ1) is 15.0. The Kier molecular flexibility index (Phi) is 7.14. The van der Waals surface area contributed by atoms with Gasteiger partial charge in [-0.05, 0) is 70.6 Å². The van der Waals surface area contributed by atoms with Gasteiger partial charge in [0.15, 0.2) is 0 Å². The van der Waals surface area contributed by atoms with Gasteiger partial charge in [-0.3, -0.25) is 0 Å². The van der Waals surface area contributed by atoms with Crippen LogP contribution in [0.25, 0.3) is 0 Å². The quantitative estimate of drug-likeness (QED) is 0.688. The van der Waals surface area contributed by atoms with Crippen LogP contribution in [-0.4, -0.2) is 37.1 Å². The number of likely N-dealkylation sites (tertiary alicyclic amines) is 1. The molecule has 1 saturated heterocycles. The van der Waals surface area contributed by atoms with Crippen molar-refractivity contribution in [2.24, 2.45) is 11.8 Å². The molecule has 1 N–H and O–H groups in total. The van der Waals surface area contributed by atoms with Crippen LogP contribution in [-0.2, 0) is 0 Å². The van der Waals surface area contributed by atoms with Crippen molar-refractivity contribution in [1.29, 1.82) is 0 Å². The Hall–Kier alpha value is -0.0800. The van der Waals surface area contributed by atoms with Crippen LogP contribution in [0.5, 0.6) is 0 Å². The molecule has 1 heterocycles. The summed E-state index contributed by atoms with van der Waals surface area (Å²) in [6, 6.07) is 0.798. The molecule has 2 nitrogen and oxygen atoms in total. The second kappa shape index (κ2) is 8.10. The van der Waals surface area contributed by atoms with Gasteiger partial charge in [0.1, 0.15) is 0 Å². The first-order chi connectivity index (χ1) is 8.11. The zero-order chi connectivity index (χ0) is 12.7. The van der Waals surface area contributed by atoms with Crippen LogP contribution in [0.3, 0.4) is 0 Å². The molecule has 2 heteroatoms. The van der Waals surface area contributed by atoms with E-state index in [2.05, 4.69) is 37.9 Å². The topological polar surface area (TPSA) is 15.3 Å². The maximum atomic E-state index is 3.52. The van der Waals surface area contributed by atoms with E-state index in [1.165, 1.54) is 45.3 Å². The maximum Gasteiger partial charge on any atom is 0.00925 e. The lowest BCUT2D eigenvalue weighted by Gasteiger charge is -2.38. The van der Waals surface area contributed by atoms with Crippen LogP contribution in [0.15, 0.2) is 0 Å². The molecule has 0 amide bonds. The summed E-state index contributed by atoms with van der Waals surface area (Å²) in [4.78, 5) is 2.69. The highest BCUT2D eigenvalue weighted by Gasteiger charge is 2.23. The predicted molar refractivity (Wildman–Crippen MR) is 76.4 cm³/mol. The van der Waals surface area contributed by atoms with Gasteiger partial charge in [-0.1, -0.05) is 20.8 Å². The number of nitrogens with one attached hydrogen (secondary N) is 1. The molecule has 0 aromatic rings. The number of nitrogens with zero attached hydrogens (tertiary/aromatic N) is 1. The number of hydrogen-bond acceptors (Lipinski definition) is 2. The molecule has 2 atom stereocenters. The molecule has 17 heavy (non-hydrogen) atoms. The second-order valence-electron chi connectivity index (χ2n) is 6.20. The highest BCUT2D eigenvalue weighted by atomic mass is 15.2. The van der Waals surface area contributed by atoms with Crippen LogP contribution < -0.4 is 5.32 Å². The summed E-state index contributed by atoms with van der Waals surface area (Å²) in [6.45, 7) is 14.3. The highest BCUT2D eigenvalue weighted by Crippen LogP contribution is 2.22. The van der Waals surface area contributed by atoms with Crippen molar-refractivity contribution in [1.82, 2.24) is 10.2 Å². The van der Waals surface area contributed by atoms with E-state index < -0.39 is 0 Å². The number of rotatable bonds is 7. The van der Waals surface area contributed by atoms with Gasteiger partial charge in [-0.15, -0.1) is 0 Å². The zero-order valence-corrected chi connectivity index (χ0v) is 12.3. The number of hydrogen-bond donors (Lipinski definition) is 1. The summed E-state index contributed by atoms with van der Waals surface area (Å²) in [5.41, 5.74) is 0. The minimum Gasteiger partial charge on any atom is -0.316 e. The first-order valence-electron chi connectivity index (χ1n) is 7.56. The summed E-state index contributed by atoms with van der Waals surface area (Å²) >= 11 is 0. The molecule has 0 radical (unpaired) electrons. The Morgan fingerprint density at radius 3 is 2.71 bits per heavy atom. The molecule has 0 spiro atoms. The minimum absolute atomic E-state index is 0.776. The van der Waals surface area contributed by atoms with Crippen LogP contribution in [0.4, 0.5) is 0 Å². The SMILES string of the molecule is CC(C)CNCCCCN1CCCC(C)C1C. The fraction of sp³-hybridized carbons (Fsp3) is 1.00. The largest absolute Gasteiger partial charge is 0.316 e. The summed E-state index contributed by atoms with van der Waals surface area (Å²) in [7, 11) is 0. The zero-order valence-electron chi connectivity index (χ0n) is 12.3. The molecule has 0 aliphatic carbocycles. The van der Waals surface area contributed by atoms with Crippen molar-refractivity contribution in [2.75, 3.05) is 26.2 Å². The molecular weight excluding hydrogens is 208 g/mol. The van der Waals surface area contributed by atoms with Crippen molar-refractivity contribution < 1.29 is 0 Å². The number of unbranched alkanes of at least 4 members (excludes halogenated alkanes) is 1. The van der Waals surface area contributed by atoms with E-state index in [9.17, 15) is 0 Å². The predicted octanol–water partition coefficient (Wildman–Crippen LogP) is 3.13. The summed E-state index contributed by atoms with van der Waals surface area (Å²) in [6.07, 6.45) is 5.50. The van der Waals surface area contributed by atoms with Crippen LogP contribution in [0.1, 0.15) is 53.4 Å².